The molecule has 3 aromatic rings. The standard InChI is InChI=1S/C21H22BrFN4O/c1-28-11-10-26-6-8-27(9-7-26)20-5-2-15(12-18(20)23)21-17-13-16(22)3-4-19(17)24-14-25-21/h2-5,12-14H,6-11H2,1H3. The van der Waals surface area contributed by atoms with Crippen LogP contribution in [0.5, 0.6) is 0 Å². The maximum Gasteiger partial charge on any atom is 0.147 e. The van der Waals surface area contributed by atoms with Crippen LogP contribution in [0.4, 0.5) is 10.1 Å². The number of piperazine rings is 1. The van der Waals surface area contributed by atoms with Gasteiger partial charge in [0.05, 0.1) is 23.5 Å². The topological polar surface area (TPSA) is 41.5 Å². The average Bonchev–Trinajstić information content (AvgIpc) is 2.72. The number of anilines is 1. The first-order valence-electron chi connectivity index (χ1n) is 9.32. The van der Waals surface area contributed by atoms with Crippen molar-refractivity contribution in [1.29, 1.82) is 0 Å². The average molecular weight is 445 g/mol. The summed E-state index contributed by atoms with van der Waals surface area (Å²) >= 11 is 3.49. The van der Waals surface area contributed by atoms with Crippen LogP contribution in [-0.4, -0.2) is 61.3 Å². The Hall–Kier alpha value is -2.09. The van der Waals surface area contributed by atoms with Gasteiger partial charge < -0.3 is 9.64 Å². The molecule has 146 valence electrons. The molecule has 4 rings (SSSR count). The van der Waals surface area contributed by atoms with E-state index in [9.17, 15) is 4.39 Å². The third kappa shape index (κ3) is 4.01. The zero-order valence-electron chi connectivity index (χ0n) is 15.7. The molecule has 28 heavy (non-hydrogen) atoms. The smallest absolute Gasteiger partial charge is 0.147 e. The Morgan fingerprint density at radius 1 is 1.07 bits per heavy atom. The molecule has 0 unspecified atom stereocenters. The molecular weight excluding hydrogens is 423 g/mol. The van der Waals surface area contributed by atoms with E-state index in [-0.39, 0.29) is 5.82 Å². The second-order valence-electron chi connectivity index (χ2n) is 6.87. The van der Waals surface area contributed by atoms with Crippen molar-refractivity contribution in [1.82, 2.24) is 14.9 Å². The minimum Gasteiger partial charge on any atom is -0.383 e. The highest BCUT2D eigenvalue weighted by Gasteiger charge is 2.20. The summed E-state index contributed by atoms with van der Waals surface area (Å²) in [5.41, 5.74) is 2.98. The van der Waals surface area contributed by atoms with Crippen molar-refractivity contribution < 1.29 is 9.13 Å². The minimum atomic E-state index is -0.218. The maximum absolute atomic E-state index is 15.0. The molecule has 0 amide bonds. The van der Waals surface area contributed by atoms with Crippen LogP contribution in [0.3, 0.4) is 0 Å². The molecule has 2 heterocycles. The number of ether oxygens (including phenoxy) is 1. The van der Waals surface area contributed by atoms with Crippen molar-refractivity contribution in [2.45, 2.75) is 0 Å². The number of methoxy groups -OCH3 is 1. The summed E-state index contributed by atoms with van der Waals surface area (Å²) in [6, 6.07) is 11.2. The van der Waals surface area contributed by atoms with Crippen LogP contribution < -0.4 is 4.90 Å². The highest BCUT2D eigenvalue weighted by Crippen LogP contribution is 2.31. The molecule has 1 aliphatic rings. The predicted octanol–water partition coefficient (Wildman–Crippen LogP) is 3.97. The molecule has 0 N–H and O–H groups in total. The first-order chi connectivity index (χ1) is 13.7. The molecule has 0 radical (unpaired) electrons. The van der Waals surface area contributed by atoms with Crippen LogP contribution in [0, 0.1) is 5.82 Å². The fourth-order valence-electron chi connectivity index (χ4n) is 3.60. The van der Waals surface area contributed by atoms with Gasteiger partial charge in [-0.05, 0) is 30.3 Å². The largest absolute Gasteiger partial charge is 0.383 e. The van der Waals surface area contributed by atoms with E-state index in [1.165, 1.54) is 6.33 Å². The van der Waals surface area contributed by atoms with Gasteiger partial charge in [-0.1, -0.05) is 22.0 Å². The Morgan fingerprint density at radius 2 is 1.89 bits per heavy atom. The summed E-state index contributed by atoms with van der Waals surface area (Å²) in [6.07, 6.45) is 1.52. The number of hydrogen-bond donors (Lipinski definition) is 0. The zero-order valence-corrected chi connectivity index (χ0v) is 17.3. The highest BCUT2D eigenvalue weighted by molar-refractivity contribution is 9.10. The van der Waals surface area contributed by atoms with E-state index in [1.54, 1.807) is 13.2 Å². The van der Waals surface area contributed by atoms with Crippen LogP contribution in [-0.2, 0) is 4.74 Å². The van der Waals surface area contributed by atoms with Gasteiger partial charge in [0.25, 0.3) is 0 Å². The van der Waals surface area contributed by atoms with Crippen molar-refractivity contribution in [3.8, 4) is 11.3 Å². The Morgan fingerprint density at radius 3 is 2.64 bits per heavy atom. The van der Waals surface area contributed by atoms with Crippen LogP contribution in [0.1, 0.15) is 0 Å². The van der Waals surface area contributed by atoms with Crippen molar-refractivity contribution in [3.05, 3.63) is 53.0 Å². The van der Waals surface area contributed by atoms with E-state index in [4.69, 9.17) is 4.74 Å². The van der Waals surface area contributed by atoms with Crippen molar-refractivity contribution in [3.63, 3.8) is 0 Å². The lowest BCUT2D eigenvalue weighted by Gasteiger charge is -2.36. The molecule has 5 nitrogen and oxygen atoms in total. The maximum atomic E-state index is 15.0. The first-order valence-corrected chi connectivity index (χ1v) is 10.1. The molecule has 0 spiro atoms. The zero-order chi connectivity index (χ0) is 19.5. The molecular formula is C21H22BrFN4O. The van der Waals surface area contributed by atoms with Gasteiger partial charge in [0.1, 0.15) is 12.1 Å². The van der Waals surface area contributed by atoms with E-state index >= 15 is 0 Å². The quantitative estimate of drug-likeness (QED) is 0.595. The fourth-order valence-corrected chi connectivity index (χ4v) is 3.96. The molecule has 2 aromatic carbocycles. The summed E-state index contributed by atoms with van der Waals surface area (Å²) < 4.78 is 21.1. The Labute approximate surface area is 172 Å². The lowest BCUT2D eigenvalue weighted by Crippen LogP contribution is -2.47. The summed E-state index contributed by atoms with van der Waals surface area (Å²) in [7, 11) is 1.72. The monoisotopic (exact) mass is 444 g/mol. The third-order valence-electron chi connectivity index (χ3n) is 5.14. The minimum absolute atomic E-state index is 0.218. The van der Waals surface area contributed by atoms with Gasteiger partial charge in [0, 0.05) is 55.3 Å². The molecule has 0 bridgehead atoms. The molecule has 0 aliphatic carbocycles. The van der Waals surface area contributed by atoms with Crippen molar-refractivity contribution in [2.75, 3.05) is 51.3 Å². The molecule has 0 saturated carbocycles. The van der Waals surface area contributed by atoms with Gasteiger partial charge in [-0.2, -0.15) is 0 Å². The van der Waals surface area contributed by atoms with Crippen LogP contribution in [0.2, 0.25) is 0 Å². The Bertz CT molecular complexity index is 976. The molecule has 7 heteroatoms. The SMILES string of the molecule is COCCN1CCN(c2ccc(-c3ncnc4ccc(Br)cc34)cc2F)CC1. The predicted molar refractivity (Wildman–Crippen MR) is 113 cm³/mol. The third-order valence-corrected chi connectivity index (χ3v) is 5.64. The lowest BCUT2D eigenvalue weighted by molar-refractivity contribution is 0.144. The van der Waals surface area contributed by atoms with Gasteiger partial charge in [-0.25, -0.2) is 14.4 Å². The number of rotatable bonds is 5. The Kier molecular flexibility index (Phi) is 5.85. The van der Waals surface area contributed by atoms with E-state index in [0.29, 0.717) is 5.69 Å². The van der Waals surface area contributed by atoms with Crippen molar-refractivity contribution >= 4 is 32.5 Å². The molecule has 1 aliphatic heterocycles. The van der Waals surface area contributed by atoms with E-state index in [0.717, 1.165) is 66.0 Å². The Balaban J connectivity index is 1.57. The summed E-state index contributed by atoms with van der Waals surface area (Å²) in [4.78, 5) is 13.2. The summed E-state index contributed by atoms with van der Waals surface area (Å²) in [5, 5.41) is 0.899. The van der Waals surface area contributed by atoms with Gasteiger partial charge in [-0.3, -0.25) is 4.90 Å². The second-order valence-corrected chi connectivity index (χ2v) is 7.79. The van der Waals surface area contributed by atoms with Gasteiger partial charge in [0.2, 0.25) is 0 Å². The van der Waals surface area contributed by atoms with Gasteiger partial charge >= 0.3 is 0 Å². The van der Waals surface area contributed by atoms with E-state index < -0.39 is 0 Å². The van der Waals surface area contributed by atoms with Crippen LogP contribution in [0.25, 0.3) is 22.2 Å². The molecule has 0 atom stereocenters. The number of fused-ring (bicyclic) bond motifs is 1. The van der Waals surface area contributed by atoms with E-state index in [1.807, 2.05) is 30.3 Å². The molecule has 1 aromatic heterocycles. The lowest BCUT2D eigenvalue weighted by atomic mass is 10.1. The van der Waals surface area contributed by atoms with Crippen LogP contribution in [0.15, 0.2) is 47.2 Å². The van der Waals surface area contributed by atoms with Gasteiger partial charge in [0.15, 0.2) is 0 Å². The number of hydrogen-bond acceptors (Lipinski definition) is 5. The number of halogens is 2. The fraction of sp³-hybridized carbons (Fsp3) is 0.333. The normalized spacial score (nSPS) is 15.3. The van der Waals surface area contributed by atoms with E-state index in [2.05, 4.69) is 35.7 Å². The summed E-state index contributed by atoms with van der Waals surface area (Å²) in [5.74, 6) is -0.218. The molecule has 1 saturated heterocycles. The first kappa shape index (κ1) is 19.2. The van der Waals surface area contributed by atoms with Crippen LogP contribution >= 0.6 is 15.9 Å². The number of benzene rings is 2. The van der Waals surface area contributed by atoms with Crippen molar-refractivity contribution in [2.24, 2.45) is 0 Å². The molecule has 1 fully saturated rings. The number of aromatic nitrogens is 2. The summed E-state index contributed by atoms with van der Waals surface area (Å²) in [6.45, 7) is 5.09. The van der Waals surface area contributed by atoms with Gasteiger partial charge in [-0.15, -0.1) is 0 Å². The highest BCUT2D eigenvalue weighted by atomic mass is 79.9. The number of nitrogens with zero attached hydrogens (tertiary/aromatic N) is 4. The second kappa shape index (κ2) is 8.51.